The Morgan fingerprint density at radius 1 is 1.17 bits per heavy atom. The van der Waals surface area contributed by atoms with Gasteiger partial charge in [-0.15, -0.1) is 0 Å². The third-order valence-corrected chi connectivity index (χ3v) is 3.60. The van der Waals surface area contributed by atoms with Crippen molar-refractivity contribution >= 4 is 28.6 Å². The highest BCUT2D eigenvalue weighted by atomic mass is 16.1. The summed E-state index contributed by atoms with van der Waals surface area (Å²) in [6, 6.07) is 17.2. The number of fused-ring (bicyclic) bond motifs is 1. The first-order valence-electron chi connectivity index (χ1n) is 7.23. The third-order valence-electron chi connectivity index (χ3n) is 3.60. The lowest BCUT2D eigenvalue weighted by atomic mass is 10.1. The maximum atomic E-state index is 12.3. The van der Waals surface area contributed by atoms with Crippen LogP contribution in [0.1, 0.15) is 11.1 Å². The number of benzene rings is 2. The minimum absolute atomic E-state index is 0.0651. The van der Waals surface area contributed by atoms with Crippen molar-refractivity contribution in [2.75, 3.05) is 5.32 Å². The highest BCUT2D eigenvalue weighted by molar-refractivity contribution is 6.10. The van der Waals surface area contributed by atoms with E-state index in [1.165, 1.54) is 0 Å². The summed E-state index contributed by atoms with van der Waals surface area (Å²) in [6.07, 6.45) is 3.39. The monoisotopic (exact) mass is 301 g/mol. The van der Waals surface area contributed by atoms with E-state index in [-0.39, 0.29) is 5.57 Å². The van der Waals surface area contributed by atoms with Crippen molar-refractivity contribution in [2.24, 2.45) is 0 Å². The molecular formula is C19H15N3O. The average molecular weight is 301 g/mol. The molecule has 3 rings (SSSR count). The lowest BCUT2D eigenvalue weighted by molar-refractivity contribution is -0.112. The molecule has 23 heavy (non-hydrogen) atoms. The summed E-state index contributed by atoms with van der Waals surface area (Å²) in [7, 11) is 0. The number of amides is 1. The third kappa shape index (κ3) is 3.14. The maximum Gasteiger partial charge on any atom is 0.266 e. The maximum absolute atomic E-state index is 12.3. The predicted molar refractivity (Wildman–Crippen MR) is 91.7 cm³/mol. The number of para-hydroxylation sites is 1. The molecule has 2 N–H and O–H groups in total. The Balaban J connectivity index is 1.88. The van der Waals surface area contributed by atoms with Crippen LogP contribution in [0.25, 0.3) is 17.0 Å². The van der Waals surface area contributed by atoms with Gasteiger partial charge >= 0.3 is 0 Å². The lowest BCUT2D eigenvalue weighted by Gasteiger charge is -2.04. The van der Waals surface area contributed by atoms with E-state index < -0.39 is 5.91 Å². The molecule has 0 saturated carbocycles. The second-order valence-electron chi connectivity index (χ2n) is 5.28. The topological polar surface area (TPSA) is 68.7 Å². The van der Waals surface area contributed by atoms with Crippen molar-refractivity contribution < 1.29 is 4.79 Å². The fourth-order valence-corrected chi connectivity index (χ4v) is 2.35. The van der Waals surface area contributed by atoms with Gasteiger partial charge in [0.05, 0.1) is 0 Å². The van der Waals surface area contributed by atoms with Crippen molar-refractivity contribution in [3.8, 4) is 6.07 Å². The molecule has 4 nitrogen and oxygen atoms in total. The Hall–Kier alpha value is -3.32. The van der Waals surface area contributed by atoms with Gasteiger partial charge in [0.2, 0.25) is 0 Å². The van der Waals surface area contributed by atoms with Gasteiger partial charge in [0, 0.05) is 28.4 Å². The average Bonchev–Trinajstić information content (AvgIpc) is 2.97. The molecule has 0 saturated heterocycles. The van der Waals surface area contributed by atoms with Crippen molar-refractivity contribution in [3.05, 3.63) is 71.4 Å². The molecule has 0 aliphatic heterocycles. The summed E-state index contributed by atoms with van der Waals surface area (Å²) in [6.45, 7) is 1.98. The number of carbonyl (C=O) groups excluding carboxylic acids is 1. The van der Waals surface area contributed by atoms with E-state index in [1.807, 2.05) is 61.5 Å². The Morgan fingerprint density at radius 2 is 1.91 bits per heavy atom. The fraction of sp³-hybridized carbons (Fsp3) is 0.0526. The van der Waals surface area contributed by atoms with Gasteiger partial charge < -0.3 is 10.3 Å². The Kier molecular flexibility index (Phi) is 3.94. The highest BCUT2D eigenvalue weighted by Crippen LogP contribution is 2.20. The first-order valence-corrected chi connectivity index (χ1v) is 7.23. The van der Waals surface area contributed by atoms with Gasteiger partial charge in [-0.1, -0.05) is 35.9 Å². The van der Waals surface area contributed by atoms with Crippen LogP contribution < -0.4 is 5.32 Å². The summed E-state index contributed by atoms with van der Waals surface area (Å²) < 4.78 is 0. The number of aromatic amines is 1. The van der Waals surface area contributed by atoms with E-state index >= 15 is 0 Å². The molecule has 3 aromatic rings. The number of hydrogen-bond donors (Lipinski definition) is 2. The molecule has 0 bridgehead atoms. The van der Waals surface area contributed by atoms with Crippen LogP contribution in [0.5, 0.6) is 0 Å². The van der Waals surface area contributed by atoms with Crippen LogP contribution >= 0.6 is 0 Å². The van der Waals surface area contributed by atoms with Crippen LogP contribution in [-0.4, -0.2) is 10.9 Å². The summed E-state index contributed by atoms with van der Waals surface area (Å²) in [5.74, 6) is -0.415. The van der Waals surface area contributed by atoms with Gasteiger partial charge in [-0.05, 0) is 31.2 Å². The van der Waals surface area contributed by atoms with E-state index in [4.69, 9.17) is 0 Å². The summed E-state index contributed by atoms with van der Waals surface area (Å²) in [5.41, 5.74) is 3.63. The molecule has 0 spiro atoms. The molecule has 1 amide bonds. The SMILES string of the molecule is Cc1ccc(NC(=O)/C(C#N)=C/c2c[nH]c3ccccc23)cc1. The molecule has 2 aromatic carbocycles. The summed E-state index contributed by atoms with van der Waals surface area (Å²) in [5, 5.41) is 13.0. The molecule has 1 aromatic heterocycles. The molecule has 0 atom stereocenters. The van der Waals surface area contributed by atoms with Gasteiger partial charge in [0.25, 0.3) is 5.91 Å². The predicted octanol–water partition coefficient (Wildman–Crippen LogP) is 4.02. The van der Waals surface area contributed by atoms with Crippen LogP contribution in [-0.2, 0) is 4.79 Å². The quantitative estimate of drug-likeness (QED) is 0.566. The largest absolute Gasteiger partial charge is 0.361 e. The Labute approximate surface area is 134 Å². The molecule has 0 unspecified atom stereocenters. The van der Waals surface area contributed by atoms with Crippen molar-refractivity contribution in [3.63, 3.8) is 0 Å². The van der Waals surface area contributed by atoms with Gasteiger partial charge in [0.15, 0.2) is 0 Å². The first kappa shape index (κ1) is 14.6. The van der Waals surface area contributed by atoms with E-state index in [0.717, 1.165) is 22.0 Å². The lowest BCUT2D eigenvalue weighted by Crippen LogP contribution is -2.13. The number of nitrogens with one attached hydrogen (secondary N) is 2. The van der Waals surface area contributed by atoms with Crippen LogP contribution in [0.3, 0.4) is 0 Å². The number of aryl methyl sites for hydroxylation is 1. The number of nitriles is 1. The molecule has 0 fully saturated rings. The van der Waals surface area contributed by atoms with Gasteiger partial charge in [-0.25, -0.2) is 0 Å². The Bertz CT molecular complexity index is 927. The smallest absolute Gasteiger partial charge is 0.266 e. The van der Waals surface area contributed by atoms with Gasteiger partial charge in [-0.2, -0.15) is 5.26 Å². The zero-order valence-electron chi connectivity index (χ0n) is 12.6. The number of H-pyrrole nitrogens is 1. The number of aromatic nitrogens is 1. The molecule has 0 aliphatic rings. The Morgan fingerprint density at radius 3 is 2.65 bits per heavy atom. The molecular weight excluding hydrogens is 286 g/mol. The standard InChI is InChI=1S/C19H15N3O/c1-13-6-8-16(9-7-13)22-19(23)14(11-20)10-15-12-21-18-5-3-2-4-17(15)18/h2-10,12,21H,1H3,(H,22,23)/b14-10+. The van der Waals surface area contributed by atoms with Crippen molar-refractivity contribution in [1.29, 1.82) is 5.26 Å². The molecule has 112 valence electrons. The van der Waals surface area contributed by atoms with E-state index in [9.17, 15) is 10.1 Å². The van der Waals surface area contributed by atoms with Crippen LogP contribution in [0, 0.1) is 18.3 Å². The number of carbonyl (C=O) groups is 1. The minimum Gasteiger partial charge on any atom is -0.361 e. The molecule has 1 heterocycles. The highest BCUT2D eigenvalue weighted by Gasteiger charge is 2.11. The first-order chi connectivity index (χ1) is 11.2. The van der Waals surface area contributed by atoms with Crippen LogP contribution in [0.2, 0.25) is 0 Å². The number of nitrogens with zero attached hydrogens (tertiary/aromatic N) is 1. The van der Waals surface area contributed by atoms with E-state index in [1.54, 1.807) is 12.3 Å². The minimum atomic E-state index is -0.415. The fourth-order valence-electron chi connectivity index (χ4n) is 2.35. The molecule has 4 heteroatoms. The van der Waals surface area contributed by atoms with Gasteiger partial charge in [-0.3, -0.25) is 4.79 Å². The van der Waals surface area contributed by atoms with Crippen molar-refractivity contribution in [2.45, 2.75) is 6.92 Å². The molecule has 0 radical (unpaired) electrons. The normalized spacial score (nSPS) is 11.2. The van der Waals surface area contributed by atoms with Crippen LogP contribution in [0.15, 0.2) is 60.3 Å². The molecule has 0 aliphatic carbocycles. The zero-order chi connectivity index (χ0) is 16.2. The van der Waals surface area contributed by atoms with E-state index in [2.05, 4.69) is 10.3 Å². The van der Waals surface area contributed by atoms with Crippen LogP contribution in [0.4, 0.5) is 5.69 Å². The van der Waals surface area contributed by atoms with Gasteiger partial charge in [0.1, 0.15) is 11.6 Å². The van der Waals surface area contributed by atoms with Crippen molar-refractivity contribution in [1.82, 2.24) is 4.98 Å². The van der Waals surface area contributed by atoms with E-state index in [0.29, 0.717) is 5.69 Å². The second kappa shape index (κ2) is 6.20. The summed E-state index contributed by atoms with van der Waals surface area (Å²) >= 11 is 0. The number of anilines is 1. The number of hydrogen-bond acceptors (Lipinski definition) is 2. The second-order valence-corrected chi connectivity index (χ2v) is 5.28. The zero-order valence-corrected chi connectivity index (χ0v) is 12.6. The number of rotatable bonds is 3. The summed E-state index contributed by atoms with van der Waals surface area (Å²) in [4.78, 5) is 15.4.